The zero-order valence-electron chi connectivity index (χ0n) is 12.6. The number of aryl methyl sites for hydroxylation is 1. The van der Waals surface area contributed by atoms with E-state index in [-0.39, 0.29) is 18.1 Å². The first-order valence-corrected chi connectivity index (χ1v) is 6.89. The van der Waals surface area contributed by atoms with Gasteiger partial charge in [0, 0.05) is 12.5 Å². The highest BCUT2D eigenvalue weighted by Crippen LogP contribution is 2.29. The molecule has 0 spiro atoms. The number of carbonyl (C=O) groups is 1. The summed E-state index contributed by atoms with van der Waals surface area (Å²) < 4.78 is 23.8. The van der Waals surface area contributed by atoms with E-state index < -0.39 is 0 Å². The van der Waals surface area contributed by atoms with Crippen molar-refractivity contribution in [1.29, 1.82) is 0 Å². The fraction of sp³-hybridized carbons (Fsp3) is 0.235. The summed E-state index contributed by atoms with van der Waals surface area (Å²) in [5, 5.41) is 2.76. The fourth-order valence-corrected chi connectivity index (χ4v) is 2.07. The van der Waals surface area contributed by atoms with Crippen molar-refractivity contribution in [2.24, 2.45) is 0 Å². The Morgan fingerprint density at radius 3 is 2.59 bits per heavy atom. The van der Waals surface area contributed by atoms with Gasteiger partial charge in [-0.05, 0) is 30.2 Å². The maximum atomic E-state index is 13.5. The number of carbonyl (C=O) groups excluding carboxylic acids is 1. The van der Waals surface area contributed by atoms with Crippen LogP contribution in [0.15, 0.2) is 42.5 Å². The van der Waals surface area contributed by atoms with E-state index in [9.17, 15) is 9.18 Å². The van der Waals surface area contributed by atoms with Gasteiger partial charge in [0.2, 0.25) is 5.91 Å². The van der Waals surface area contributed by atoms with Gasteiger partial charge >= 0.3 is 0 Å². The lowest BCUT2D eigenvalue weighted by molar-refractivity contribution is -0.116. The number of anilines is 1. The number of hydrogen-bond donors (Lipinski definition) is 1. The molecule has 116 valence electrons. The predicted octanol–water partition coefficient (Wildman–Crippen LogP) is 3.41. The molecule has 0 aliphatic carbocycles. The van der Waals surface area contributed by atoms with Crippen LogP contribution in [0.25, 0.3) is 0 Å². The number of ether oxygens (including phenoxy) is 2. The average Bonchev–Trinajstić information content (AvgIpc) is 2.54. The quantitative estimate of drug-likeness (QED) is 0.889. The lowest BCUT2D eigenvalue weighted by Gasteiger charge is -2.11. The summed E-state index contributed by atoms with van der Waals surface area (Å²) in [6, 6.07) is 11.6. The summed E-state index contributed by atoms with van der Waals surface area (Å²) in [6.45, 7) is 0. The summed E-state index contributed by atoms with van der Waals surface area (Å²) in [5.41, 5.74) is 1.05. The third kappa shape index (κ3) is 3.97. The molecule has 22 heavy (non-hydrogen) atoms. The van der Waals surface area contributed by atoms with Crippen molar-refractivity contribution in [1.82, 2.24) is 0 Å². The van der Waals surface area contributed by atoms with Crippen molar-refractivity contribution in [3.8, 4) is 11.5 Å². The van der Waals surface area contributed by atoms with Crippen LogP contribution in [0.3, 0.4) is 0 Å². The standard InChI is InChI=1S/C17H18FNO3/c1-21-13-8-9-16(22-2)15(11-13)19-17(20)10-7-12-5-3-4-6-14(12)18/h3-6,8-9,11H,7,10H2,1-2H3,(H,19,20). The van der Waals surface area contributed by atoms with Gasteiger partial charge in [0.15, 0.2) is 0 Å². The van der Waals surface area contributed by atoms with E-state index in [1.165, 1.54) is 13.2 Å². The second-order valence-corrected chi connectivity index (χ2v) is 4.71. The van der Waals surface area contributed by atoms with Crippen LogP contribution in [-0.4, -0.2) is 20.1 Å². The number of amides is 1. The Balaban J connectivity index is 2.01. The largest absolute Gasteiger partial charge is 0.497 e. The van der Waals surface area contributed by atoms with Crippen molar-refractivity contribution >= 4 is 11.6 Å². The SMILES string of the molecule is COc1ccc(OC)c(NC(=O)CCc2ccccc2F)c1. The molecule has 1 amide bonds. The van der Waals surface area contributed by atoms with E-state index in [4.69, 9.17) is 9.47 Å². The lowest BCUT2D eigenvalue weighted by atomic mass is 10.1. The molecule has 0 aliphatic heterocycles. The first-order chi connectivity index (χ1) is 10.6. The Morgan fingerprint density at radius 1 is 1.14 bits per heavy atom. The Bertz CT molecular complexity index is 658. The molecule has 1 N–H and O–H groups in total. The molecule has 0 saturated heterocycles. The number of methoxy groups -OCH3 is 2. The van der Waals surface area contributed by atoms with E-state index in [0.29, 0.717) is 29.2 Å². The number of benzene rings is 2. The molecular formula is C17H18FNO3. The monoisotopic (exact) mass is 303 g/mol. The molecule has 2 aromatic rings. The van der Waals surface area contributed by atoms with Crippen LogP contribution in [0.2, 0.25) is 0 Å². The topological polar surface area (TPSA) is 47.6 Å². The zero-order chi connectivity index (χ0) is 15.9. The van der Waals surface area contributed by atoms with Crippen LogP contribution in [0, 0.1) is 5.82 Å². The van der Waals surface area contributed by atoms with E-state index in [1.807, 2.05) is 0 Å². The van der Waals surface area contributed by atoms with Gasteiger partial charge in [0.25, 0.3) is 0 Å². The summed E-state index contributed by atoms with van der Waals surface area (Å²) >= 11 is 0. The molecular weight excluding hydrogens is 285 g/mol. The molecule has 5 heteroatoms. The van der Waals surface area contributed by atoms with Crippen molar-refractivity contribution < 1.29 is 18.7 Å². The number of hydrogen-bond acceptors (Lipinski definition) is 3. The highest BCUT2D eigenvalue weighted by molar-refractivity contribution is 5.92. The van der Waals surface area contributed by atoms with Gasteiger partial charge in [-0.3, -0.25) is 4.79 Å². The van der Waals surface area contributed by atoms with Crippen LogP contribution >= 0.6 is 0 Å². The van der Waals surface area contributed by atoms with E-state index in [1.54, 1.807) is 43.5 Å². The van der Waals surface area contributed by atoms with Gasteiger partial charge in [-0.15, -0.1) is 0 Å². The molecule has 0 bridgehead atoms. The van der Waals surface area contributed by atoms with Gasteiger partial charge in [-0.2, -0.15) is 0 Å². The van der Waals surface area contributed by atoms with E-state index in [0.717, 1.165) is 0 Å². The van der Waals surface area contributed by atoms with E-state index >= 15 is 0 Å². The van der Waals surface area contributed by atoms with Crippen LogP contribution in [-0.2, 0) is 11.2 Å². The minimum Gasteiger partial charge on any atom is -0.497 e. The Labute approximate surface area is 128 Å². The molecule has 0 aliphatic rings. The molecule has 0 atom stereocenters. The number of nitrogens with one attached hydrogen (secondary N) is 1. The normalized spacial score (nSPS) is 10.1. The van der Waals surface area contributed by atoms with Gasteiger partial charge < -0.3 is 14.8 Å². The van der Waals surface area contributed by atoms with Gasteiger partial charge in [0.05, 0.1) is 19.9 Å². The second-order valence-electron chi connectivity index (χ2n) is 4.71. The molecule has 0 radical (unpaired) electrons. The van der Waals surface area contributed by atoms with Gasteiger partial charge in [-0.1, -0.05) is 18.2 Å². The molecule has 4 nitrogen and oxygen atoms in total. The third-order valence-corrected chi connectivity index (χ3v) is 3.26. The minimum atomic E-state index is -0.297. The maximum Gasteiger partial charge on any atom is 0.224 e. The molecule has 0 aromatic heterocycles. The molecule has 0 saturated carbocycles. The molecule has 0 unspecified atom stereocenters. The Kier molecular flexibility index (Phi) is 5.36. The molecule has 2 aromatic carbocycles. The molecule has 0 heterocycles. The van der Waals surface area contributed by atoms with Gasteiger partial charge in [0.1, 0.15) is 17.3 Å². The Hall–Kier alpha value is -2.56. The van der Waals surface area contributed by atoms with Gasteiger partial charge in [-0.25, -0.2) is 4.39 Å². The van der Waals surface area contributed by atoms with E-state index in [2.05, 4.69) is 5.32 Å². The smallest absolute Gasteiger partial charge is 0.224 e. The average molecular weight is 303 g/mol. The number of rotatable bonds is 6. The summed E-state index contributed by atoms with van der Waals surface area (Å²) in [7, 11) is 3.07. The van der Waals surface area contributed by atoms with Crippen LogP contribution in [0.5, 0.6) is 11.5 Å². The first-order valence-electron chi connectivity index (χ1n) is 6.89. The molecule has 2 rings (SSSR count). The molecule has 0 fully saturated rings. The second kappa shape index (κ2) is 7.45. The highest BCUT2D eigenvalue weighted by Gasteiger charge is 2.10. The Morgan fingerprint density at radius 2 is 1.91 bits per heavy atom. The highest BCUT2D eigenvalue weighted by atomic mass is 19.1. The fourth-order valence-electron chi connectivity index (χ4n) is 2.07. The predicted molar refractivity (Wildman–Crippen MR) is 82.9 cm³/mol. The summed E-state index contributed by atoms with van der Waals surface area (Å²) in [6.07, 6.45) is 0.520. The van der Waals surface area contributed by atoms with Crippen molar-refractivity contribution in [2.75, 3.05) is 19.5 Å². The maximum absolute atomic E-state index is 13.5. The van der Waals surface area contributed by atoms with Crippen LogP contribution in [0.4, 0.5) is 10.1 Å². The number of halogens is 1. The van der Waals surface area contributed by atoms with Crippen molar-refractivity contribution in [3.63, 3.8) is 0 Å². The summed E-state index contributed by atoms with van der Waals surface area (Å²) in [4.78, 5) is 12.0. The van der Waals surface area contributed by atoms with Crippen LogP contribution in [0.1, 0.15) is 12.0 Å². The first kappa shape index (κ1) is 15.8. The summed E-state index contributed by atoms with van der Waals surface area (Å²) in [5.74, 6) is 0.648. The zero-order valence-corrected chi connectivity index (χ0v) is 12.6. The lowest BCUT2D eigenvalue weighted by Crippen LogP contribution is -2.13. The van der Waals surface area contributed by atoms with Crippen molar-refractivity contribution in [2.45, 2.75) is 12.8 Å². The minimum absolute atomic E-state index is 0.182. The van der Waals surface area contributed by atoms with Crippen molar-refractivity contribution in [3.05, 3.63) is 53.8 Å². The third-order valence-electron chi connectivity index (χ3n) is 3.26. The van der Waals surface area contributed by atoms with Crippen LogP contribution < -0.4 is 14.8 Å².